The Morgan fingerprint density at radius 1 is 0.914 bits per heavy atom. The molecule has 2 aliphatic heterocycles. The van der Waals surface area contributed by atoms with Gasteiger partial charge in [-0.15, -0.1) is 31.7 Å². The summed E-state index contributed by atoms with van der Waals surface area (Å²) in [5.74, 6) is -1.22. The van der Waals surface area contributed by atoms with Gasteiger partial charge < -0.3 is 35.6 Å². The zero-order valence-electron chi connectivity index (χ0n) is 31.5. The number of hydrogen-bond donors (Lipinski definition) is 4. The summed E-state index contributed by atoms with van der Waals surface area (Å²) in [6.45, 7) is 3.49. The second-order valence-corrected chi connectivity index (χ2v) is 15.9. The molecule has 1 saturated carbocycles. The fourth-order valence-electron chi connectivity index (χ4n) is 6.80. The van der Waals surface area contributed by atoms with Crippen LogP contribution in [0, 0.1) is 12.8 Å². The van der Waals surface area contributed by atoms with Crippen molar-refractivity contribution >= 4 is 63.3 Å². The number of ether oxygens (including phenoxy) is 2. The molecule has 58 heavy (non-hydrogen) atoms. The number of nitrogens with one attached hydrogen (secondary N) is 4. The van der Waals surface area contributed by atoms with Crippen LogP contribution in [0.3, 0.4) is 0 Å². The molecular formula is C41H41ClF2N6O7S. The lowest BCUT2D eigenvalue weighted by Crippen LogP contribution is -2.54. The molecule has 2 fully saturated rings. The summed E-state index contributed by atoms with van der Waals surface area (Å²) in [4.78, 5) is 70.2. The van der Waals surface area contributed by atoms with E-state index in [9.17, 15) is 32.8 Å². The van der Waals surface area contributed by atoms with E-state index in [0.717, 1.165) is 10.4 Å². The van der Waals surface area contributed by atoms with Crippen LogP contribution in [0.25, 0.3) is 11.3 Å². The van der Waals surface area contributed by atoms with Crippen molar-refractivity contribution in [2.75, 3.05) is 42.7 Å². The Hall–Kier alpha value is -5.61. The molecule has 0 atom stereocenters. The van der Waals surface area contributed by atoms with Gasteiger partial charge in [-0.3, -0.25) is 24.0 Å². The molecule has 304 valence electrons. The maximum Gasteiger partial charge on any atom is 0.586 e. The molecule has 1 aliphatic carbocycles. The van der Waals surface area contributed by atoms with Crippen LogP contribution >= 0.6 is 22.9 Å². The van der Waals surface area contributed by atoms with Gasteiger partial charge in [0.25, 0.3) is 5.91 Å². The Morgan fingerprint density at radius 3 is 2.43 bits per heavy atom. The van der Waals surface area contributed by atoms with E-state index in [2.05, 4.69) is 30.7 Å². The molecule has 17 heteroatoms. The van der Waals surface area contributed by atoms with Gasteiger partial charge in [-0.1, -0.05) is 24.3 Å². The molecule has 3 aliphatic rings. The number of halogens is 3. The summed E-state index contributed by atoms with van der Waals surface area (Å²) in [6.07, 6.45) is -0.523. The minimum Gasteiger partial charge on any atom is -0.395 e. The number of aromatic nitrogens is 1. The molecule has 4 heterocycles. The lowest BCUT2D eigenvalue weighted by molar-refractivity contribution is -0.286. The van der Waals surface area contributed by atoms with Crippen molar-refractivity contribution in [3.63, 3.8) is 0 Å². The summed E-state index contributed by atoms with van der Waals surface area (Å²) in [7, 11) is 0. The molecule has 13 nitrogen and oxygen atoms in total. The van der Waals surface area contributed by atoms with E-state index in [1.807, 2.05) is 31.2 Å². The monoisotopic (exact) mass is 834 g/mol. The number of likely N-dealkylation sites (tertiary alicyclic amines) is 1. The summed E-state index contributed by atoms with van der Waals surface area (Å²) < 4.78 is 36.2. The summed E-state index contributed by atoms with van der Waals surface area (Å²) in [5.41, 5.74) is 2.19. The summed E-state index contributed by atoms with van der Waals surface area (Å²) in [6, 6.07) is 18.6. The minimum absolute atomic E-state index is 0.0855. The molecular weight excluding hydrogens is 794 g/mol. The van der Waals surface area contributed by atoms with Crippen LogP contribution in [-0.4, -0.2) is 77.8 Å². The number of carbonyl (C=O) groups excluding carboxylic acids is 5. The number of anilines is 2. The van der Waals surface area contributed by atoms with E-state index in [1.165, 1.54) is 23.5 Å². The molecule has 4 N–H and O–H groups in total. The number of benzene rings is 2. The van der Waals surface area contributed by atoms with Gasteiger partial charge in [0.1, 0.15) is 11.7 Å². The molecule has 7 rings (SSSR count). The Kier molecular flexibility index (Phi) is 12.0. The third-order valence-corrected chi connectivity index (χ3v) is 11.6. The number of rotatable bonds is 16. The Balaban J connectivity index is 0.822. The van der Waals surface area contributed by atoms with Crippen LogP contribution in [-0.2, 0) is 31.0 Å². The zero-order chi connectivity index (χ0) is 41.0. The van der Waals surface area contributed by atoms with Gasteiger partial charge in [0.2, 0.25) is 23.6 Å². The number of hydrogen-bond acceptors (Lipinski definition) is 9. The van der Waals surface area contributed by atoms with Crippen LogP contribution < -0.4 is 30.7 Å². The largest absolute Gasteiger partial charge is 0.586 e. The number of carbonyl (C=O) groups is 5. The number of thiophene rings is 1. The summed E-state index contributed by atoms with van der Waals surface area (Å²) >= 11 is 6.97. The average molecular weight is 835 g/mol. The number of pyridine rings is 1. The smallest absolute Gasteiger partial charge is 0.395 e. The Labute approximate surface area is 341 Å². The van der Waals surface area contributed by atoms with E-state index in [0.29, 0.717) is 97.9 Å². The lowest BCUT2D eigenvalue weighted by atomic mass is 9.94. The van der Waals surface area contributed by atoms with Crippen LogP contribution in [0.2, 0.25) is 0 Å². The number of aryl methyl sites for hydroxylation is 2. The van der Waals surface area contributed by atoms with E-state index < -0.39 is 11.7 Å². The third kappa shape index (κ3) is 9.39. The fourth-order valence-corrected chi connectivity index (χ4v) is 7.87. The molecule has 2 aromatic heterocycles. The van der Waals surface area contributed by atoms with Crippen molar-refractivity contribution in [3.8, 4) is 22.8 Å². The second-order valence-electron chi connectivity index (χ2n) is 14.5. The van der Waals surface area contributed by atoms with Gasteiger partial charge in [0.05, 0.1) is 22.0 Å². The molecule has 0 unspecified atom stereocenters. The highest BCUT2D eigenvalue weighted by Gasteiger charge is 2.53. The zero-order valence-corrected chi connectivity index (χ0v) is 33.1. The first-order chi connectivity index (χ1) is 27.8. The van der Waals surface area contributed by atoms with Gasteiger partial charge in [-0.05, 0) is 92.6 Å². The lowest BCUT2D eigenvalue weighted by Gasteiger charge is -2.37. The van der Waals surface area contributed by atoms with Gasteiger partial charge in [0.15, 0.2) is 11.5 Å². The van der Waals surface area contributed by atoms with Gasteiger partial charge >= 0.3 is 6.29 Å². The minimum atomic E-state index is -3.75. The van der Waals surface area contributed by atoms with E-state index >= 15 is 0 Å². The van der Waals surface area contributed by atoms with Crippen LogP contribution in [0.4, 0.5) is 19.6 Å². The van der Waals surface area contributed by atoms with Crippen molar-refractivity contribution in [3.05, 3.63) is 88.3 Å². The van der Waals surface area contributed by atoms with Crippen molar-refractivity contribution in [2.45, 2.75) is 57.2 Å². The quantitative estimate of drug-likeness (QED) is 0.0788. The van der Waals surface area contributed by atoms with Crippen LogP contribution in [0.15, 0.2) is 66.7 Å². The molecule has 4 aromatic rings. The van der Waals surface area contributed by atoms with Crippen molar-refractivity contribution < 1.29 is 42.2 Å². The Morgan fingerprint density at radius 2 is 1.67 bits per heavy atom. The highest BCUT2D eigenvalue weighted by Crippen LogP contribution is 2.52. The predicted octanol–water partition coefficient (Wildman–Crippen LogP) is 6.01. The predicted molar refractivity (Wildman–Crippen MR) is 213 cm³/mol. The molecule has 5 amide bonds. The van der Waals surface area contributed by atoms with Crippen molar-refractivity contribution in [2.24, 2.45) is 5.92 Å². The van der Waals surface area contributed by atoms with E-state index in [4.69, 9.17) is 16.6 Å². The second kappa shape index (κ2) is 17.1. The third-order valence-electron chi connectivity index (χ3n) is 10.3. The summed E-state index contributed by atoms with van der Waals surface area (Å²) in [5, 5.41) is 12.3. The molecule has 2 aromatic carbocycles. The molecule has 0 spiro atoms. The highest BCUT2D eigenvalue weighted by atomic mass is 35.5. The first-order valence-corrected chi connectivity index (χ1v) is 20.3. The normalized spacial score (nSPS) is 15.9. The number of nitrogens with zero attached hydrogens (tertiary/aromatic N) is 2. The fraction of sp³-hybridized carbons (Fsp3) is 0.366. The molecule has 0 bridgehead atoms. The average Bonchev–Trinajstić information content (AvgIpc) is 3.78. The number of unbranched alkanes of at least 4 members (excludes halogenated alkanes) is 1. The number of amides is 5. The van der Waals surface area contributed by atoms with Gasteiger partial charge in [-0.25, -0.2) is 4.98 Å². The number of fused-ring (bicyclic) bond motifs is 1. The van der Waals surface area contributed by atoms with Gasteiger partial charge in [0, 0.05) is 48.6 Å². The van der Waals surface area contributed by atoms with Crippen LogP contribution in [0.1, 0.15) is 58.5 Å². The highest BCUT2D eigenvalue weighted by molar-refractivity contribution is 7.16. The number of alkyl halides is 3. The first-order valence-electron chi connectivity index (χ1n) is 18.9. The topological polar surface area (TPSA) is 168 Å². The standard InChI is InChI=1S/C41H41ClF2N6O7S/c1-24-7-12-32(48-39(55)40(15-16-40)28-8-11-30-31(20-28)57-41(43,44)56-30)47-36(24)25-5-4-6-26(19-25)37(53)46-18-3-2-17-45-33(51)13-9-29-10-14-34(58-29)49-38(54)27-22-50(23-27)35(52)21-42/h4-8,10-12,14,19-20,27H,2-3,9,13,15-18,21-23H2,1H3,(H,45,51)(H,46,53)(H,49,54)(H,47,48,55). The van der Waals surface area contributed by atoms with Crippen molar-refractivity contribution in [1.29, 1.82) is 0 Å². The van der Waals surface area contributed by atoms with E-state index in [1.54, 1.807) is 35.2 Å². The first kappa shape index (κ1) is 40.6. The maximum absolute atomic E-state index is 13.6. The van der Waals surface area contributed by atoms with Gasteiger partial charge in [-0.2, -0.15) is 0 Å². The Bertz CT molecular complexity index is 2240. The van der Waals surface area contributed by atoms with Crippen molar-refractivity contribution in [1.82, 2.24) is 20.5 Å². The maximum atomic E-state index is 13.6. The van der Waals surface area contributed by atoms with E-state index in [-0.39, 0.29) is 52.8 Å². The molecule has 1 saturated heterocycles. The van der Waals surface area contributed by atoms with Crippen LogP contribution in [0.5, 0.6) is 11.5 Å². The SMILES string of the molecule is Cc1ccc(NC(=O)C2(c3ccc4c(c3)OC(F)(F)O4)CC2)nc1-c1cccc(C(=O)NCCCCNC(=O)CCc2ccc(NC(=O)C3CN(C(=O)CCl)C3)s2)c1. The molecule has 0 radical (unpaired) electrons.